The molecule has 1 heterocycles. The van der Waals surface area contributed by atoms with Crippen molar-refractivity contribution in [3.05, 3.63) is 83.1 Å². The number of fused-ring (bicyclic) bond motifs is 2. The molecule has 3 nitrogen and oxygen atoms in total. The van der Waals surface area contributed by atoms with Crippen LogP contribution in [0.5, 0.6) is 0 Å². The molecular weight excluding hydrogens is 262 g/mol. The van der Waals surface area contributed by atoms with Gasteiger partial charge in [-0.2, -0.15) is 4.74 Å². The van der Waals surface area contributed by atoms with Crippen molar-refractivity contribution in [2.24, 2.45) is 0 Å². The first-order valence-corrected chi connectivity index (χ1v) is 6.73. The van der Waals surface area contributed by atoms with E-state index in [1.807, 2.05) is 42.5 Å². The summed E-state index contributed by atoms with van der Waals surface area (Å²) >= 11 is 0. The Morgan fingerprint density at radius 3 is 2.29 bits per heavy atom. The minimum atomic E-state index is -0.211. The minimum Gasteiger partial charge on any atom is -0.618 e. The second-order valence-corrected chi connectivity index (χ2v) is 5.02. The minimum absolute atomic E-state index is 0.202. The highest BCUT2D eigenvalue weighted by Crippen LogP contribution is 2.30. The van der Waals surface area contributed by atoms with E-state index in [2.05, 4.69) is 0 Å². The zero-order chi connectivity index (χ0) is 14.4. The SMILES string of the molecule is O=C1C(c2cccc3ccccc23)=[N+]([O-])c2ccccc21. The van der Waals surface area contributed by atoms with Gasteiger partial charge in [-0.25, -0.2) is 0 Å². The van der Waals surface area contributed by atoms with Crippen molar-refractivity contribution in [3.63, 3.8) is 0 Å². The highest BCUT2D eigenvalue weighted by atomic mass is 16.5. The fourth-order valence-corrected chi connectivity index (χ4v) is 2.85. The van der Waals surface area contributed by atoms with Crippen LogP contribution in [0.3, 0.4) is 0 Å². The molecule has 0 saturated heterocycles. The molecule has 0 fully saturated rings. The topological polar surface area (TPSA) is 43.1 Å². The van der Waals surface area contributed by atoms with Crippen LogP contribution >= 0.6 is 0 Å². The van der Waals surface area contributed by atoms with Crippen molar-refractivity contribution in [2.45, 2.75) is 0 Å². The lowest BCUT2D eigenvalue weighted by molar-refractivity contribution is -0.355. The van der Waals surface area contributed by atoms with Gasteiger partial charge < -0.3 is 5.21 Å². The van der Waals surface area contributed by atoms with Gasteiger partial charge in [0.05, 0.1) is 5.56 Å². The predicted molar refractivity (Wildman–Crippen MR) is 82.1 cm³/mol. The van der Waals surface area contributed by atoms with E-state index in [-0.39, 0.29) is 11.5 Å². The van der Waals surface area contributed by atoms with E-state index in [1.54, 1.807) is 24.3 Å². The van der Waals surface area contributed by atoms with Gasteiger partial charge in [-0.15, -0.1) is 0 Å². The second kappa shape index (κ2) is 4.28. The van der Waals surface area contributed by atoms with Crippen molar-refractivity contribution in [1.29, 1.82) is 0 Å². The molecule has 21 heavy (non-hydrogen) atoms. The van der Waals surface area contributed by atoms with E-state index < -0.39 is 0 Å². The summed E-state index contributed by atoms with van der Waals surface area (Å²) in [6.45, 7) is 0. The Hall–Kier alpha value is -2.94. The van der Waals surface area contributed by atoms with Gasteiger partial charge >= 0.3 is 0 Å². The van der Waals surface area contributed by atoms with E-state index in [0.717, 1.165) is 15.5 Å². The van der Waals surface area contributed by atoms with Crippen LogP contribution in [0.15, 0.2) is 66.7 Å². The fourth-order valence-electron chi connectivity index (χ4n) is 2.85. The van der Waals surface area contributed by atoms with Crippen LogP contribution in [-0.2, 0) is 0 Å². The molecule has 3 aromatic rings. The van der Waals surface area contributed by atoms with Gasteiger partial charge in [0.1, 0.15) is 5.56 Å². The monoisotopic (exact) mass is 273 g/mol. The molecule has 3 aromatic carbocycles. The van der Waals surface area contributed by atoms with E-state index in [4.69, 9.17) is 0 Å². The first kappa shape index (κ1) is 11.9. The number of nitrogens with zero attached hydrogens (tertiary/aromatic N) is 1. The molecule has 0 unspecified atom stereocenters. The standard InChI is InChI=1S/C18H11NO2/c20-18-15-9-3-4-11-16(15)19(21)17(18)14-10-5-7-12-6-1-2-8-13(12)14/h1-11H. The lowest BCUT2D eigenvalue weighted by Gasteiger charge is -2.05. The van der Waals surface area contributed by atoms with Crippen LogP contribution in [0.25, 0.3) is 10.8 Å². The third-order valence-electron chi connectivity index (χ3n) is 3.83. The number of benzene rings is 3. The fraction of sp³-hybridized carbons (Fsp3) is 0. The Bertz CT molecular complexity index is 920. The molecule has 4 rings (SSSR count). The Morgan fingerprint density at radius 1 is 0.762 bits per heavy atom. The average Bonchev–Trinajstić information content (AvgIpc) is 2.79. The Morgan fingerprint density at radius 2 is 1.43 bits per heavy atom. The quantitative estimate of drug-likeness (QED) is 0.501. The molecule has 0 aromatic heterocycles. The van der Waals surface area contributed by atoms with Crippen LogP contribution < -0.4 is 0 Å². The Labute approximate surface area is 121 Å². The largest absolute Gasteiger partial charge is 0.618 e. The zero-order valence-electron chi connectivity index (χ0n) is 11.1. The predicted octanol–water partition coefficient (Wildman–Crippen LogP) is 3.67. The van der Waals surface area contributed by atoms with Crippen LogP contribution in [0.4, 0.5) is 5.69 Å². The average molecular weight is 273 g/mol. The van der Waals surface area contributed by atoms with Gasteiger partial charge in [-0.3, -0.25) is 4.79 Å². The molecular formula is C18H11NO2. The number of hydrogen-bond donors (Lipinski definition) is 0. The van der Waals surface area contributed by atoms with Crippen molar-refractivity contribution >= 4 is 28.0 Å². The van der Waals surface area contributed by atoms with Crippen LogP contribution in [-0.4, -0.2) is 16.2 Å². The van der Waals surface area contributed by atoms with Gasteiger partial charge in [-0.1, -0.05) is 48.5 Å². The lowest BCUT2D eigenvalue weighted by Crippen LogP contribution is -2.16. The van der Waals surface area contributed by atoms with Crippen molar-refractivity contribution in [2.75, 3.05) is 0 Å². The summed E-state index contributed by atoms with van der Waals surface area (Å²) in [7, 11) is 0. The molecule has 0 radical (unpaired) electrons. The van der Waals surface area contributed by atoms with Crippen LogP contribution in [0.1, 0.15) is 15.9 Å². The highest BCUT2D eigenvalue weighted by Gasteiger charge is 2.36. The Kier molecular flexibility index (Phi) is 2.42. The summed E-state index contributed by atoms with van der Waals surface area (Å²) in [5, 5.41) is 14.4. The maximum atomic E-state index is 12.6. The molecule has 0 aliphatic carbocycles. The first-order valence-electron chi connectivity index (χ1n) is 6.73. The number of carbonyl (C=O) groups excluding carboxylic acids is 1. The molecule has 1 aliphatic heterocycles. The highest BCUT2D eigenvalue weighted by molar-refractivity contribution is 6.53. The molecule has 0 spiro atoms. The summed E-state index contributed by atoms with van der Waals surface area (Å²) in [6.07, 6.45) is 0. The van der Waals surface area contributed by atoms with E-state index in [1.165, 1.54) is 0 Å². The number of rotatable bonds is 1. The van der Waals surface area contributed by atoms with E-state index in [0.29, 0.717) is 16.8 Å². The van der Waals surface area contributed by atoms with Crippen LogP contribution in [0.2, 0.25) is 0 Å². The summed E-state index contributed by atoms with van der Waals surface area (Å²) in [5.41, 5.74) is 1.78. The summed E-state index contributed by atoms with van der Waals surface area (Å²) < 4.78 is 0.749. The Balaban J connectivity index is 2.03. The maximum absolute atomic E-state index is 12.6. The third-order valence-corrected chi connectivity index (χ3v) is 3.83. The third kappa shape index (κ3) is 1.61. The first-order chi connectivity index (χ1) is 10.3. The van der Waals surface area contributed by atoms with Gasteiger partial charge in [-0.05, 0) is 22.9 Å². The summed E-state index contributed by atoms with van der Waals surface area (Å²) in [6, 6.07) is 20.3. The van der Waals surface area contributed by atoms with E-state index >= 15 is 0 Å². The summed E-state index contributed by atoms with van der Waals surface area (Å²) in [4.78, 5) is 12.6. The van der Waals surface area contributed by atoms with Gasteiger partial charge in [0.25, 0.3) is 11.5 Å². The lowest BCUT2D eigenvalue weighted by atomic mass is 9.97. The smallest absolute Gasteiger partial charge is 0.273 e. The maximum Gasteiger partial charge on any atom is 0.273 e. The molecule has 3 heteroatoms. The van der Waals surface area contributed by atoms with Crippen molar-refractivity contribution < 1.29 is 9.53 Å². The number of ketones is 1. The molecule has 100 valence electrons. The van der Waals surface area contributed by atoms with Crippen molar-refractivity contribution in [3.8, 4) is 0 Å². The molecule has 0 N–H and O–H groups in total. The molecule has 0 amide bonds. The number of Topliss-reactive ketones (excluding diaryl/α,β-unsaturated/α-hetero) is 1. The summed E-state index contributed by atoms with van der Waals surface area (Å²) in [5.74, 6) is -0.211. The van der Waals surface area contributed by atoms with E-state index in [9.17, 15) is 10.0 Å². The van der Waals surface area contributed by atoms with Crippen LogP contribution in [0, 0.1) is 5.21 Å². The van der Waals surface area contributed by atoms with Crippen molar-refractivity contribution in [1.82, 2.24) is 0 Å². The molecule has 0 bridgehead atoms. The molecule has 0 atom stereocenters. The molecule has 1 aliphatic rings. The number of carbonyl (C=O) groups is 1. The van der Waals surface area contributed by atoms with Gasteiger partial charge in [0, 0.05) is 6.07 Å². The van der Waals surface area contributed by atoms with Gasteiger partial charge in [0.15, 0.2) is 0 Å². The number of para-hydroxylation sites is 1. The zero-order valence-corrected chi connectivity index (χ0v) is 11.1. The normalized spacial score (nSPS) is 13.8. The number of hydrogen-bond acceptors (Lipinski definition) is 2. The van der Waals surface area contributed by atoms with Gasteiger partial charge in [0.2, 0.25) is 5.69 Å². The second-order valence-electron chi connectivity index (χ2n) is 5.02. The molecule has 0 saturated carbocycles.